The molecule has 3 aliphatic rings. The molecule has 2 heteroatoms. The lowest BCUT2D eigenvalue weighted by Crippen LogP contribution is -2.36. The van der Waals surface area contributed by atoms with Gasteiger partial charge in [0, 0.05) is 6.42 Å². The van der Waals surface area contributed by atoms with E-state index in [2.05, 4.69) is 126 Å². The molecule has 0 aliphatic heterocycles. The summed E-state index contributed by atoms with van der Waals surface area (Å²) in [4.78, 5) is 9.94. The molecule has 5 atom stereocenters. The Morgan fingerprint density at radius 1 is 0.825 bits per heavy atom. The van der Waals surface area contributed by atoms with Crippen molar-refractivity contribution >= 4 is 6.29 Å². The molecular formula is C55H94O2. The van der Waals surface area contributed by atoms with Gasteiger partial charge in [-0.25, -0.2) is 0 Å². The number of hydrogen-bond acceptors (Lipinski definition) is 2. The summed E-state index contributed by atoms with van der Waals surface area (Å²) in [6.45, 7) is 43.0. The van der Waals surface area contributed by atoms with Crippen LogP contribution in [0, 0.1) is 23.2 Å². The number of allylic oxidation sites excluding steroid dienone is 12. The maximum absolute atomic E-state index is 9.94. The monoisotopic (exact) mass is 787 g/mol. The van der Waals surface area contributed by atoms with Crippen LogP contribution in [0.15, 0.2) is 108 Å². The molecule has 0 spiro atoms. The first-order valence-corrected chi connectivity index (χ1v) is 22.8. The van der Waals surface area contributed by atoms with E-state index in [4.69, 9.17) is 0 Å². The molecule has 1 N–H and O–H groups in total. The molecule has 0 amide bonds. The van der Waals surface area contributed by atoms with Gasteiger partial charge in [0.1, 0.15) is 6.29 Å². The molecule has 3 aliphatic carbocycles. The van der Waals surface area contributed by atoms with Crippen molar-refractivity contribution in [2.45, 2.75) is 210 Å². The molecule has 0 radical (unpaired) electrons. The molecule has 2 nitrogen and oxygen atoms in total. The third-order valence-electron chi connectivity index (χ3n) is 12.2. The maximum Gasteiger partial charge on any atom is 0.119 e. The predicted octanol–water partition coefficient (Wildman–Crippen LogP) is 17.5. The average Bonchev–Trinajstić information content (AvgIpc) is 3.15. The van der Waals surface area contributed by atoms with Gasteiger partial charge in [-0.2, -0.15) is 0 Å². The first-order chi connectivity index (χ1) is 26.8. The Bertz CT molecular complexity index is 1290. The van der Waals surface area contributed by atoms with E-state index in [9.17, 15) is 9.90 Å². The quantitative estimate of drug-likeness (QED) is 0.0650. The normalized spacial score (nSPS) is 21.6. The van der Waals surface area contributed by atoms with Gasteiger partial charge in [-0.1, -0.05) is 161 Å². The summed E-state index contributed by atoms with van der Waals surface area (Å²) in [5.41, 5.74) is 9.62. The van der Waals surface area contributed by atoms with Gasteiger partial charge in [0.2, 0.25) is 0 Å². The van der Waals surface area contributed by atoms with Gasteiger partial charge in [0.25, 0.3) is 0 Å². The topological polar surface area (TPSA) is 37.3 Å². The summed E-state index contributed by atoms with van der Waals surface area (Å²) < 4.78 is 0. The lowest BCUT2D eigenvalue weighted by atomic mass is 9.58. The van der Waals surface area contributed by atoms with Gasteiger partial charge in [-0.15, -0.1) is 6.58 Å². The fourth-order valence-corrected chi connectivity index (χ4v) is 7.46. The van der Waals surface area contributed by atoms with E-state index >= 15 is 0 Å². The summed E-state index contributed by atoms with van der Waals surface area (Å²) in [6.07, 6.45) is 37.7. The highest BCUT2D eigenvalue weighted by atomic mass is 16.3. The lowest BCUT2D eigenvalue weighted by Gasteiger charge is -2.47. The van der Waals surface area contributed by atoms with Crippen molar-refractivity contribution in [3.05, 3.63) is 108 Å². The van der Waals surface area contributed by atoms with Crippen LogP contribution in [-0.4, -0.2) is 17.0 Å². The Morgan fingerprint density at radius 2 is 1.39 bits per heavy atom. The van der Waals surface area contributed by atoms with Gasteiger partial charge in [-0.3, -0.25) is 0 Å². The lowest BCUT2D eigenvalue weighted by molar-refractivity contribution is -0.107. The Labute approximate surface area is 356 Å². The number of hydrogen-bond donors (Lipinski definition) is 1. The highest BCUT2D eigenvalue weighted by Gasteiger charge is 2.41. The first-order valence-electron chi connectivity index (χ1n) is 22.8. The number of aldehydes is 1. The van der Waals surface area contributed by atoms with E-state index in [1.54, 1.807) is 24.1 Å². The Morgan fingerprint density at radius 3 is 1.88 bits per heavy atom. The summed E-state index contributed by atoms with van der Waals surface area (Å²) in [5.74, 6) is 2.40. The zero-order chi connectivity index (χ0) is 43.9. The number of carbonyl (C=O) groups is 1. The maximum atomic E-state index is 9.94. The molecule has 0 aromatic rings. The predicted molar refractivity (Wildman–Crippen MR) is 259 cm³/mol. The van der Waals surface area contributed by atoms with E-state index in [1.165, 1.54) is 112 Å². The van der Waals surface area contributed by atoms with Crippen molar-refractivity contribution in [3.8, 4) is 0 Å². The first kappa shape index (κ1) is 56.4. The molecule has 1 fully saturated rings. The second-order valence-electron chi connectivity index (χ2n) is 18.4. The van der Waals surface area contributed by atoms with Gasteiger partial charge < -0.3 is 9.90 Å². The van der Waals surface area contributed by atoms with Crippen LogP contribution in [-0.2, 0) is 4.79 Å². The van der Waals surface area contributed by atoms with Crippen molar-refractivity contribution in [3.63, 3.8) is 0 Å². The van der Waals surface area contributed by atoms with Crippen molar-refractivity contribution in [1.82, 2.24) is 0 Å². The summed E-state index contributed by atoms with van der Waals surface area (Å²) in [7, 11) is 0. The molecule has 1 saturated carbocycles. The molecule has 0 bridgehead atoms. The average molecular weight is 787 g/mol. The Hall–Kier alpha value is -2.71. The molecule has 3 rings (SSSR count). The van der Waals surface area contributed by atoms with Gasteiger partial charge >= 0.3 is 0 Å². The molecule has 0 aromatic heterocycles. The van der Waals surface area contributed by atoms with Crippen LogP contribution in [0.1, 0.15) is 205 Å². The summed E-state index contributed by atoms with van der Waals surface area (Å²) in [6, 6.07) is 0. The molecule has 2 unspecified atom stereocenters. The molecule has 57 heavy (non-hydrogen) atoms. The number of rotatable bonds is 18. The fraction of sp³-hybridized carbons (Fsp3) is 0.655. The van der Waals surface area contributed by atoms with Gasteiger partial charge in [-0.05, 0) is 162 Å². The third kappa shape index (κ3) is 29.2. The molecule has 0 saturated heterocycles. The zero-order valence-corrected chi connectivity index (χ0v) is 39.8. The van der Waals surface area contributed by atoms with Gasteiger partial charge in [0.15, 0.2) is 0 Å². The molecule has 0 aromatic carbocycles. The summed E-state index contributed by atoms with van der Waals surface area (Å²) in [5, 5.41) is 9.49. The van der Waals surface area contributed by atoms with Crippen LogP contribution in [0.5, 0.6) is 0 Å². The second-order valence-corrected chi connectivity index (χ2v) is 18.4. The van der Waals surface area contributed by atoms with Crippen LogP contribution >= 0.6 is 0 Å². The second kappa shape index (κ2) is 33.2. The van der Waals surface area contributed by atoms with Crippen molar-refractivity contribution in [2.24, 2.45) is 23.2 Å². The standard InChI is InChI=1S/C15H24.C10H18O.C10H20O.2C10H16/c1-11(2)13-8-9-14-7-5-6-12(3)15(14,4)10-13;1-5-10(4,11)8-6-7-9(2)3;1-2-3-4-5-6-7-8-9-10-11;1-8(2)10-6-4-9(3)5-7-10;1-5-10(4)8-6-7-9(2)3/h7,12-13H,1,5-6,8-10H2,2-4H3;5,7,11H,1,6,8H2,2-4H3;10H,2-9H2,1H3;4,10H,1,5-7H2,2-3H3;5,7H,1,4,6,8H2,2-3H3/t12-,13-,15+;;;;/m1..../s1. The van der Waals surface area contributed by atoms with E-state index < -0.39 is 5.60 Å². The largest absolute Gasteiger partial charge is 0.386 e. The fourth-order valence-electron chi connectivity index (χ4n) is 7.46. The van der Waals surface area contributed by atoms with Crippen LogP contribution < -0.4 is 0 Å². The van der Waals surface area contributed by atoms with Crippen molar-refractivity contribution < 1.29 is 9.90 Å². The minimum atomic E-state index is -0.702. The number of aliphatic hydroxyl groups is 1. The van der Waals surface area contributed by atoms with Crippen molar-refractivity contribution in [1.29, 1.82) is 0 Å². The van der Waals surface area contributed by atoms with Crippen LogP contribution in [0.3, 0.4) is 0 Å². The van der Waals surface area contributed by atoms with Gasteiger partial charge in [0.05, 0.1) is 5.60 Å². The number of fused-ring (bicyclic) bond motifs is 1. The third-order valence-corrected chi connectivity index (χ3v) is 12.2. The molecule has 326 valence electrons. The van der Waals surface area contributed by atoms with Crippen molar-refractivity contribution in [2.75, 3.05) is 0 Å². The van der Waals surface area contributed by atoms with E-state index in [0.29, 0.717) is 5.41 Å². The SMILES string of the molecule is C=C(C)C1CC=C(C)CC1.C=C(C)[C@@H]1CCC2=CCC[C@@H](C)[C@]2(C)C1.C=CC(=C)CCC=C(C)C.C=CC(C)(O)CCC=C(C)C.CCCCCCCCCC=O. The van der Waals surface area contributed by atoms with Crippen LogP contribution in [0.4, 0.5) is 0 Å². The Kier molecular flexibility index (Phi) is 32.8. The molecule has 0 heterocycles. The molecular weight excluding hydrogens is 693 g/mol. The highest BCUT2D eigenvalue weighted by molar-refractivity contribution is 5.48. The Balaban J connectivity index is 0. The van der Waals surface area contributed by atoms with E-state index in [1.807, 2.05) is 6.08 Å². The van der Waals surface area contributed by atoms with E-state index in [-0.39, 0.29) is 0 Å². The highest BCUT2D eigenvalue weighted by Crippen LogP contribution is 2.53. The number of unbranched alkanes of at least 4 members (excludes halogenated alkanes) is 7. The smallest absolute Gasteiger partial charge is 0.119 e. The zero-order valence-electron chi connectivity index (χ0n) is 39.8. The van der Waals surface area contributed by atoms with Crippen LogP contribution in [0.2, 0.25) is 0 Å². The number of carbonyl (C=O) groups excluding carboxylic acids is 1. The van der Waals surface area contributed by atoms with Crippen LogP contribution in [0.25, 0.3) is 0 Å². The minimum absolute atomic E-state index is 0.486. The minimum Gasteiger partial charge on any atom is -0.386 e. The summed E-state index contributed by atoms with van der Waals surface area (Å²) >= 11 is 0. The van der Waals surface area contributed by atoms with E-state index in [0.717, 1.165) is 68.1 Å².